The third-order valence-corrected chi connectivity index (χ3v) is 3.75. The molecule has 0 heterocycles. The van der Waals surface area contributed by atoms with E-state index >= 15 is 0 Å². The highest BCUT2D eigenvalue weighted by Gasteiger charge is 2.01. The van der Waals surface area contributed by atoms with E-state index in [1.165, 1.54) is 57.8 Å². The summed E-state index contributed by atoms with van der Waals surface area (Å²) in [6.07, 6.45) is 17.1. The van der Waals surface area contributed by atoms with Crippen LogP contribution in [0.1, 0.15) is 104 Å². The molecule has 0 aliphatic rings. The van der Waals surface area contributed by atoms with Gasteiger partial charge in [-0.1, -0.05) is 84.5 Å². The maximum atomic E-state index is 11.4. The summed E-state index contributed by atoms with van der Waals surface area (Å²) in [4.78, 5) is 11.4. The third kappa shape index (κ3) is 26.6. The molecular weight excluding hydrogens is 286 g/mol. The fourth-order valence-electron chi connectivity index (χ4n) is 2.37. The largest absolute Gasteiger partial charge is 0.466 e. The predicted octanol–water partition coefficient (Wildman–Crippen LogP) is 5.87. The lowest BCUT2D eigenvalue weighted by Gasteiger charge is -2.05. The van der Waals surface area contributed by atoms with Crippen molar-refractivity contribution < 1.29 is 9.53 Å². The molecule has 23 heavy (non-hydrogen) atoms. The van der Waals surface area contributed by atoms with Crippen molar-refractivity contribution in [3.05, 3.63) is 0 Å². The Morgan fingerprint density at radius 3 is 1.57 bits per heavy atom. The number of esters is 1. The molecule has 0 saturated heterocycles. The van der Waals surface area contributed by atoms with Crippen molar-refractivity contribution in [3.63, 3.8) is 0 Å². The Kier molecular flexibility index (Phi) is 25.4. The normalized spacial score (nSPS) is 10.1. The molecule has 0 unspecified atom stereocenters. The molecule has 0 bridgehead atoms. The smallest absolute Gasteiger partial charge is 0.305 e. The Hall–Kier alpha value is -0.570. The number of hydrogen-bond donors (Lipinski definition) is 1. The molecule has 0 spiro atoms. The molecule has 0 aromatic heterocycles. The highest BCUT2D eigenvalue weighted by molar-refractivity contribution is 5.69. The van der Waals surface area contributed by atoms with Crippen LogP contribution in [0.3, 0.4) is 0 Å². The monoisotopic (exact) mass is 329 g/mol. The van der Waals surface area contributed by atoms with Crippen LogP contribution >= 0.6 is 0 Å². The number of hydrogen-bond acceptors (Lipinski definition) is 3. The summed E-state index contributed by atoms with van der Waals surface area (Å²) in [6, 6.07) is 0. The van der Waals surface area contributed by atoms with E-state index in [1.807, 2.05) is 14.1 Å². The van der Waals surface area contributed by atoms with Crippen molar-refractivity contribution >= 4 is 5.97 Å². The van der Waals surface area contributed by atoms with Crippen molar-refractivity contribution in [1.29, 1.82) is 0 Å². The molecule has 3 heteroatoms. The Bertz CT molecular complexity index is 220. The zero-order chi connectivity index (χ0) is 17.6. The van der Waals surface area contributed by atoms with Crippen LogP contribution in [-0.4, -0.2) is 26.7 Å². The molecule has 0 fully saturated rings. The van der Waals surface area contributed by atoms with Gasteiger partial charge in [0.1, 0.15) is 0 Å². The number of rotatable bonds is 15. The third-order valence-electron chi connectivity index (χ3n) is 3.75. The second-order valence-electron chi connectivity index (χ2n) is 6.36. The number of carbonyl (C=O) groups excluding carboxylic acids is 1. The molecule has 140 valence electrons. The fraction of sp³-hybridized carbons (Fsp3) is 0.950. The predicted molar refractivity (Wildman–Crippen MR) is 102 cm³/mol. The van der Waals surface area contributed by atoms with Gasteiger partial charge in [-0.25, -0.2) is 0 Å². The zero-order valence-electron chi connectivity index (χ0n) is 16.4. The van der Waals surface area contributed by atoms with Crippen molar-refractivity contribution in [2.24, 2.45) is 0 Å². The molecule has 0 amide bonds. The summed E-state index contributed by atoms with van der Waals surface area (Å²) >= 11 is 0. The summed E-state index contributed by atoms with van der Waals surface area (Å²) in [5, 5.41) is 2.75. The van der Waals surface area contributed by atoms with Crippen LogP contribution in [0.25, 0.3) is 0 Å². The highest BCUT2D eigenvalue weighted by Crippen LogP contribution is 2.10. The lowest BCUT2D eigenvalue weighted by molar-refractivity contribution is -0.143. The average Bonchev–Trinajstić information content (AvgIpc) is 2.53. The van der Waals surface area contributed by atoms with Gasteiger partial charge in [-0.2, -0.15) is 0 Å². The molecule has 1 N–H and O–H groups in total. The quantitative estimate of drug-likeness (QED) is 0.302. The Labute approximate surface area is 146 Å². The first-order chi connectivity index (χ1) is 11.2. The maximum Gasteiger partial charge on any atom is 0.305 e. The van der Waals surface area contributed by atoms with E-state index in [0.29, 0.717) is 13.0 Å². The highest BCUT2D eigenvalue weighted by atomic mass is 16.5. The maximum absolute atomic E-state index is 11.4. The van der Waals surface area contributed by atoms with Crippen LogP contribution in [-0.2, 0) is 9.53 Å². The van der Waals surface area contributed by atoms with E-state index in [-0.39, 0.29) is 5.97 Å². The second-order valence-corrected chi connectivity index (χ2v) is 6.36. The molecule has 0 aromatic carbocycles. The molecular formula is C20H43NO2. The first kappa shape index (κ1) is 24.7. The molecule has 0 rings (SSSR count). The average molecular weight is 330 g/mol. The first-order valence-electron chi connectivity index (χ1n) is 9.96. The van der Waals surface area contributed by atoms with Gasteiger partial charge in [0.2, 0.25) is 0 Å². The fourth-order valence-corrected chi connectivity index (χ4v) is 2.37. The summed E-state index contributed by atoms with van der Waals surface area (Å²) in [7, 11) is 3.75. The van der Waals surface area contributed by atoms with Gasteiger partial charge < -0.3 is 10.1 Å². The zero-order valence-corrected chi connectivity index (χ0v) is 16.4. The number of ether oxygens (including phenoxy) is 1. The first-order valence-corrected chi connectivity index (χ1v) is 9.96. The lowest BCUT2D eigenvalue weighted by atomic mass is 10.1. The van der Waals surface area contributed by atoms with Crippen LogP contribution in [0.4, 0.5) is 0 Å². The minimum atomic E-state index is -0.00521. The molecule has 0 saturated carbocycles. The molecule has 3 nitrogen and oxygen atoms in total. The van der Waals surface area contributed by atoms with Crippen molar-refractivity contribution in [2.75, 3.05) is 20.7 Å². The van der Waals surface area contributed by atoms with E-state index in [9.17, 15) is 4.79 Å². The minimum Gasteiger partial charge on any atom is -0.466 e. The van der Waals surface area contributed by atoms with E-state index in [1.54, 1.807) is 0 Å². The Morgan fingerprint density at radius 1 is 0.696 bits per heavy atom. The van der Waals surface area contributed by atoms with Gasteiger partial charge in [-0.3, -0.25) is 4.79 Å². The minimum absolute atomic E-state index is 0.00521. The van der Waals surface area contributed by atoms with Gasteiger partial charge >= 0.3 is 5.97 Å². The van der Waals surface area contributed by atoms with Gasteiger partial charge in [-0.15, -0.1) is 0 Å². The Balaban J connectivity index is 0. The topological polar surface area (TPSA) is 38.3 Å². The molecule has 0 aliphatic heterocycles. The summed E-state index contributed by atoms with van der Waals surface area (Å²) in [5.41, 5.74) is 0. The van der Waals surface area contributed by atoms with Gasteiger partial charge in [0.15, 0.2) is 0 Å². The van der Waals surface area contributed by atoms with Gasteiger partial charge in [0.05, 0.1) is 6.61 Å². The van der Waals surface area contributed by atoms with Gasteiger partial charge in [0.25, 0.3) is 0 Å². The number of unbranched alkanes of at least 4 members (excludes halogenated alkanes) is 11. The molecule has 0 aromatic rings. The summed E-state index contributed by atoms with van der Waals surface area (Å²) in [5.74, 6) is -0.00521. The summed E-state index contributed by atoms with van der Waals surface area (Å²) < 4.78 is 5.22. The Morgan fingerprint density at radius 2 is 1.09 bits per heavy atom. The van der Waals surface area contributed by atoms with Crippen LogP contribution in [0, 0.1) is 0 Å². The standard InChI is InChI=1S/C18H36O2.C2H7N/c1-3-5-7-8-9-10-11-12-13-15-17-20-18(19)16-14-6-4-2;1-3-2/h3-17H2,1-2H3;3H,1-2H3. The van der Waals surface area contributed by atoms with Crippen molar-refractivity contribution in [3.8, 4) is 0 Å². The van der Waals surface area contributed by atoms with Crippen LogP contribution in [0.5, 0.6) is 0 Å². The SMILES string of the molecule is CCCCCCCCCCCCOC(=O)CCCCC.CNC. The lowest BCUT2D eigenvalue weighted by Crippen LogP contribution is -2.05. The van der Waals surface area contributed by atoms with Gasteiger partial charge in [-0.05, 0) is 26.9 Å². The summed E-state index contributed by atoms with van der Waals surface area (Å²) in [6.45, 7) is 5.03. The van der Waals surface area contributed by atoms with Crippen LogP contribution < -0.4 is 5.32 Å². The van der Waals surface area contributed by atoms with E-state index in [2.05, 4.69) is 19.2 Å². The van der Waals surface area contributed by atoms with Crippen LogP contribution in [0.2, 0.25) is 0 Å². The molecule has 0 radical (unpaired) electrons. The van der Waals surface area contributed by atoms with E-state index in [4.69, 9.17) is 4.74 Å². The van der Waals surface area contributed by atoms with Gasteiger partial charge in [0, 0.05) is 6.42 Å². The molecule has 0 atom stereocenters. The molecule has 0 aliphatic carbocycles. The number of nitrogens with one attached hydrogen (secondary N) is 1. The number of carbonyl (C=O) groups is 1. The van der Waals surface area contributed by atoms with Crippen molar-refractivity contribution in [2.45, 2.75) is 104 Å². The second kappa shape index (κ2) is 23.7. The van der Waals surface area contributed by atoms with E-state index < -0.39 is 0 Å². The van der Waals surface area contributed by atoms with E-state index in [0.717, 1.165) is 25.7 Å². The van der Waals surface area contributed by atoms with Crippen LogP contribution in [0.15, 0.2) is 0 Å². The van der Waals surface area contributed by atoms with Crippen molar-refractivity contribution in [1.82, 2.24) is 5.32 Å².